The highest BCUT2D eigenvalue weighted by molar-refractivity contribution is 6.31. The van der Waals surface area contributed by atoms with E-state index in [0.717, 1.165) is 54.9 Å². The zero-order chi connectivity index (χ0) is 27.7. The fourth-order valence-corrected chi connectivity index (χ4v) is 5.23. The Bertz CT molecular complexity index is 1070. The third-order valence-corrected chi connectivity index (χ3v) is 7.41. The summed E-state index contributed by atoms with van der Waals surface area (Å²) in [7, 11) is 1.68. The number of ether oxygens (including phenoxy) is 1. The summed E-state index contributed by atoms with van der Waals surface area (Å²) in [5.74, 6) is 1.36. The molecule has 2 amide bonds. The van der Waals surface area contributed by atoms with E-state index < -0.39 is 0 Å². The number of hydrogen-bond acceptors (Lipinski definition) is 4. The van der Waals surface area contributed by atoms with E-state index in [1.54, 1.807) is 7.11 Å². The van der Waals surface area contributed by atoms with E-state index in [1.807, 2.05) is 46.2 Å². The Morgan fingerprint density at radius 3 is 2.45 bits per heavy atom. The van der Waals surface area contributed by atoms with Gasteiger partial charge < -0.3 is 14.5 Å². The Hall–Kier alpha value is -2.57. The highest BCUT2D eigenvalue weighted by Gasteiger charge is 2.25. The molecule has 0 saturated carbocycles. The first-order chi connectivity index (χ1) is 18.2. The highest BCUT2D eigenvalue weighted by atomic mass is 35.5. The van der Waals surface area contributed by atoms with Gasteiger partial charge in [-0.2, -0.15) is 0 Å². The van der Waals surface area contributed by atoms with Gasteiger partial charge in [0.05, 0.1) is 12.8 Å². The minimum absolute atomic E-state index is 0.105. The molecule has 208 valence electrons. The number of halogens is 1. The fraction of sp³-hybridized carbons (Fsp3) is 0.548. The maximum atomic E-state index is 13.6. The number of nitrogens with zero attached hydrogens (tertiary/aromatic N) is 3. The summed E-state index contributed by atoms with van der Waals surface area (Å²) in [5.41, 5.74) is 2.90. The fourth-order valence-electron chi connectivity index (χ4n) is 5.07. The normalized spacial score (nSPS) is 15.4. The van der Waals surface area contributed by atoms with Gasteiger partial charge in [-0.05, 0) is 68.4 Å². The molecule has 1 aliphatic heterocycles. The molecule has 3 rings (SSSR count). The molecule has 1 aliphatic rings. The SMILES string of the molecule is COc1ccccc1CCCC(=O)N1CCN(C(C)C)CCCN(C(=O)CC(C)C)c2cc(Cl)ccc2C1. The first-order valence-electron chi connectivity index (χ1n) is 13.9. The maximum absolute atomic E-state index is 13.6. The van der Waals surface area contributed by atoms with Crippen LogP contribution in [-0.4, -0.2) is 60.9 Å². The lowest BCUT2D eigenvalue weighted by atomic mass is 10.1. The lowest BCUT2D eigenvalue weighted by Crippen LogP contribution is -2.41. The molecule has 0 atom stereocenters. The van der Waals surface area contributed by atoms with Crippen LogP contribution in [0.1, 0.15) is 64.5 Å². The quantitative estimate of drug-likeness (QED) is 0.399. The van der Waals surface area contributed by atoms with Crippen LogP contribution in [0.2, 0.25) is 5.02 Å². The number of para-hydroxylation sites is 1. The van der Waals surface area contributed by atoms with Crippen LogP contribution in [0, 0.1) is 5.92 Å². The van der Waals surface area contributed by atoms with Crippen molar-refractivity contribution >= 4 is 29.1 Å². The molecule has 2 aromatic rings. The molecule has 0 aliphatic carbocycles. The van der Waals surface area contributed by atoms with E-state index in [-0.39, 0.29) is 17.7 Å². The van der Waals surface area contributed by atoms with Gasteiger partial charge in [-0.15, -0.1) is 0 Å². The summed E-state index contributed by atoms with van der Waals surface area (Å²) in [4.78, 5) is 33.2. The van der Waals surface area contributed by atoms with Gasteiger partial charge in [0.2, 0.25) is 11.8 Å². The Balaban J connectivity index is 1.85. The molecule has 0 spiro atoms. The molecule has 2 aromatic carbocycles. The molecular formula is C31H44ClN3O3. The number of anilines is 1. The van der Waals surface area contributed by atoms with Crippen molar-refractivity contribution < 1.29 is 14.3 Å². The van der Waals surface area contributed by atoms with Crippen molar-refractivity contribution in [1.29, 1.82) is 0 Å². The number of benzene rings is 2. The summed E-state index contributed by atoms with van der Waals surface area (Å²) >= 11 is 6.43. The number of methoxy groups -OCH3 is 1. The Kier molecular flexibility index (Phi) is 11.5. The van der Waals surface area contributed by atoms with Crippen molar-refractivity contribution in [3.63, 3.8) is 0 Å². The summed E-state index contributed by atoms with van der Waals surface area (Å²) in [5, 5.41) is 0.597. The predicted molar refractivity (Wildman–Crippen MR) is 156 cm³/mol. The first-order valence-corrected chi connectivity index (χ1v) is 14.3. The maximum Gasteiger partial charge on any atom is 0.227 e. The molecule has 0 radical (unpaired) electrons. The van der Waals surface area contributed by atoms with Crippen molar-refractivity contribution in [1.82, 2.24) is 9.80 Å². The molecule has 38 heavy (non-hydrogen) atoms. The summed E-state index contributed by atoms with van der Waals surface area (Å²) in [6.07, 6.45) is 3.33. The van der Waals surface area contributed by atoms with Crippen LogP contribution in [0.15, 0.2) is 42.5 Å². The largest absolute Gasteiger partial charge is 0.496 e. The average Bonchev–Trinajstić information content (AvgIpc) is 2.91. The van der Waals surface area contributed by atoms with Crippen LogP contribution in [-0.2, 0) is 22.6 Å². The molecule has 0 fully saturated rings. The van der Waals surface area contributed by atoms with Gasteiger partial charge in [-0.1, -0.05) is 49.7 Å². The molecule has 0 aromatic heterocycles. The van der Waals surface area contributed by atoms with Crippen LogP contribution in [0.5, 0.6) is 5.75 Å². The van der Waals surface area contributed by atoms with Gasteiger partial charge in [-0.25, -0.2) is 0 Å². The predicted octanol–water partition coefficient (Wildman–Crippen LogP) is 6.19. The number of carbonyl (C=O) groups is 2. The van der Waals surface area contributed by atoms with E-state index in [2.05, 4.69) is 38.7 Å². The van der Waals surface area contributed by atoms with Gasteiger partial charge in [-0.3, -0.25) is 14.5 Å². The van der Waals surface area contributed by atoms with Crippen molar-refractivity contribution in [3.05, 3.63) is 58.6 Å². The second-order valence-electron chi connectivity index (χ2n) is 10.9. The summed E-state index contributed by atoms with van der Waals surface area (Å²) < 4.78 is 5.48. The minimum Gasteiger partial charge on any atom is -0.496 e. The highest BCUT2D eigenvalue weighted by Crippen LogP contribution is 2.29. The number of aryl methyl sites for hydroxylation is 1. The van der Waals surface area contributed by atoms with E-state index in [4.69, 9.17) is 16.3 Å². The van der Waals surface area contributed by atoms with Crippen LogP contribution >= 0.6 is 11.6 Å². The Labute approximate surface area is 233 Å². The van der Waals surface area contributed by atoms with Gasteiger partial charge in [0, 0.05) is 56.6 Å². The zero-order valence-electron chi connectivity index (χ0n) is 23.7. The zero-order valence-corrected chi connectivity index (χ0v) is 24.5. The smallest absolute Gasteiger partial charge is 0.227 e. The lowest BCUT2D eigenvalue weighted by molar-refractivity contribution is -0.132. The number of carbonyl (C=O) groups excluding carboxylic acids is 2. The van der Waals surface area contributed by atoms with Crippen LogP contribution in [0.4, 0.5) is 5.69 Å². The number of fused-ring (bicyclic) bond motifs is 1. The first kappa shape index (κ1) is 30.0. The third-order valence-electron chi connectivity index (χ3n) is 7.18. The van der Waals surface area contributed by atoms with Crippen LogP contribution in [0.25, 0.3) is 0 Å². The monoisotopic (exact) mass is 541 g/mol. The third kappa shape index (κ3) is 8.47. The van der Waals surface area contributed by atoms with Gasteiger partial charge in [0.1, 0.15) is 5.75 Å². The molecule has 0 N–H and O–H groups in total. The number of hydrogen-bond donors (Lipinski definition) is 0. The summed E-state index contributed by atoms with van der Waals surface area (Å²) in [6, 6.07) is 14.0. The molecule has 0 saturated heterocycles. The minimum atomic E-state index is 0.105. The van der Waals surface area contributed by atoms with E-state index in [9.17, 15) is 9.59 Å². The Morgan fingerprint density at radius 1 is 0.974 bits per heavy atom. The van der Waals surface area contributed by atoms with Gasteiger partial charge in [0.15, 0.2) is 0 Å². The molecule has 0 unspecified atom stereocenters. The van der Waals surface area contributed by atoms with E-state index in [0.29, 0.717) is 43.5 Å². The molecule has 1 heterocycles. The number of amides is 2. The summed E-state index contributed by atoms with van der Waals surface area (Å²) in [6.45, 7) is 11.9. The van der Waals surface area contributed by atoms with Crippen molar-refractivity contribution in [2.75, 3.05) is 38.2 Å². The standard InChI is InChI=1S/C31H44ClN3O3/c1-23(2)20-31(37)35-17-9-16-33(24(3)4)18-19-34(22-26-14-15-27(32)21-28(26)35)30(36)13-8-11-25-10-6-7-12-29(25)38-5/h6-7,10,12,14-15,21,23-24H,8-9,11,13,16-20,22H2,1-5H3. The second-order valence-corrected chi connectivity index (χ2v) is 11.3. The second kappa shape index (κ2) is 14.5. The lowest BCUT2D eigenvalue weighted by Gasteiger charge is -2.30. The molecule has 6 nitrogen and oxygen atoms in total. The van der Waals surface area contributed by atoms with Crippen molar-refractivity contribution in [2.24, 2.45) is 5.92 Å². The van der Waals surface area contributed by atoms with E-state index >= 15 is 0 Å². The molecular weight excluding hydrogens is 498 g/mol. The average molecular weight is 542 g/mol. The molecule has 0 bridgehead atoms. The van der Waals surface area contributed by atoms with E-state index in [1.165, 1.54) is 0 Å². The van der Waals surface area contributed by atoms with Crippen LogP contribution < -0.4 is 9.64 Å². The van der Waals surface area contributed by atoms with Crippen LogP contribution in [0.3, 0.4) is 0 Å². The topological polar surface area (TPSA) is 53.1 Å². The number of rotatable bonds is 8. The van der Waals surface area contributed by atoms with Crippen molar-refractivity contribution in [2.45, 2.75) is 72.4 Å². The molecule has 7 heteroatoms. The van der Waals surface area contributed by atoms with Gasteiger partial charge in [0.25, 0.3) is 0 Å². The Morgan fingerprint density at radius 2 is 1.74 bits per heavy atom. The van der Waals surface area contributed by atoms with Gasteiger partial charge >= 0.3 is 0 Å². The van der Waals surface area contributed by atoms with Crippen molar-refractivity contribution in [3.8, 4) is 5.75 Å².